The molecule has 0 unspecified atom stereocenters. The lowest BCUT2D eigenvalue weighted by atomic mass is 10.1. The Bertz CT molecular complexity index is 610. The summed E-state index contributed by atoms with van der Waals surface area (Å²) in [6, 6.07) is 10.9. The van der Waals surface area contributed by atoms with E-state index in [0.29, 0.717) is 5.75 Å². The van der Waals surface area contributed by atoms with Gasteiger partial charge in [-0.1, -0.05) is 18.2 Å². The van der Waals surface area contributed by atoms with Crippen LogP contribution < -0.4 is 15.8 Å². The Hall–Kier alpha value is -2.63. The molecule has 0 fully saturated rings. The summed E-state index contributed by atoms with van der Waals surface area (Å²) in [5, 5.41) is 2.51. The minimum Gasteiger partial charge on any atom is -0.492 e. The third-order valence-corrected chi connectivity index (χ3v) is 2.74. The molecule has 0 saturated heterocycles. The van der Waals surface area contributed by atoms with E-state index in [9.17, 15) is 13.6 Å². The van der Waals surface area contributed by atoms with Crippen LogP contribution in [0, 0.1) is 11.6 Å². The van der Waals surface area contributed by atoms with Crippen LogP contribution >= 0.6 is 0 Å². The Morgan fingerprint density at radius 1 is 1.14 bits per heavy atom. The maximum absolute atomic E-state index is 13.2. The van der Waals surface area contributed by atoms with Gasteiger partial charge in [0.15, 0.2) is 0 Å². The molecule has 110 valence electrons. The number of nitrogens with two attached hydrogens (primary N) is 1. The molecular weight excluding hydrogens is 278 g/mol. The first-order valence-corrected chi connectivity index (χ1v) is 6.28. The van der Waals surface area contributed by atoms with Crippen molar-refractivity contribution in [2.45, 2.75) is 0 Å². The fourth-order valence-corrected chi connectivity index (χ4v) is 1.67. The minimum atomic E-state index is -0.958. The van der Waals surface area contributed by atoms with E-state index in [-0.39, 0.29) is 18.7 Å². The molecule has 4 nitrogen and oxygen atoms in total. The van der Waals surface area contributed by atoms with Gasteiger partial charge in [0.05, 0.1) is 6.54 Å². The standard InChI is InChI=1S/C15H14F2N2O2/c16-12-8-10(9-13(17)14(12)18)15(20)19-6-7-21-11-4-2-1-3-5-11/h1-5,8-9H,6-7,18H2,(H,19,20). The van der Waals surface area contributed by atoms with Gasteiger partial charge in [-0.2, -0.15) is 0 Å². The van der Waals surface area contributed by atoms with Crippen LogP contribution in [0.2, 0.25) is 0 Å². The van der Waals surface area contributed by atoms with E-state index < -0.39 is 23.2 Å². The molecule has 1 amide bonds. The lowest BCUT2D eigenvalue weighted by Gasteiger charge is -2.08. The zero-order chi connectivity index (χ0) is 15.2. The Balaban J connectivity index is 1.85. The normalized spacial score (nSPS) is 10.2. The first-order chi connectivity index (χ1) is 10.1. The van der Waals surface area contributed by atoms with Gasteiger partial charge in [-0.25, -0.2) is 8.78 Å². The third-order valence-electron chi connectivity index (χ3n) is 2.74. The molecule has 0 aliphatic carbocycles. The number of ether oxygens (including phenoxy) is 1. The van der Waals surface area contributed by atoms with Crippen LogP contribution in [0.4, 0.5) is 14.5 Å². The monoisotopic (exact) mass is 292 g/mol. The van der Waals surface area contributed by atoms with E-state index in [1.165, 1.54) is 0 Å². The minimum absolute atomic E-state index is 0.126. The van der Waals surface area contributed by atoms with Crippen molar-refractivity contribution in [3.05, 3.63) is 59.7 Å². The van der Waals surface area contributed by atoms with Crippen molar-refractivity contribution in [1.82, 2.24) is 5.32 Å². The quantitative estimate of drug-likeness (QED) is 0.657. The number of halogens is 2. The Morgan fingerprint density at radius 2 is 1.76 bits per heavy atom. The van der Waals surface area contributed by atoms with E-state index in [4.69, 9.17) is 10.5 Å². The van der Waals surface area contributed by atoms with Gasteiger partial charge in [0.2, 0.25) is 0 Å². The maximum atomic E-state index is 13.2. The van der Waals surface area contributed by atoms with E-state index in [1.54, 1.807) is 12.1 Å². The SMILES string of the molecule is Nc1c(F)cc(C(=O)NCCOc2ccccc2)cc1F. The molecule has 21 heavy (non-hydrogen) atoms. The van der Waals surface area contributed by atoms with Gasteiger partial charge >= 0.3 is 0 Å². The predicted molar refractivity (Wildman–Crippen MR) is 75.0 cm³/mol. The number of rotatable bonds is 5. The molecule has 0 atom stereocenters. The molecule has 2 aromatic carbocycles. The first-order valence-electron chi connectivity index (χ1n) is 6.28. The second-order valence-corrected chi connectivity index (χ2v) is 4.27. The fraction of sp³-hybridized carbons (Fsp3) is 0.133. The van der Waals surface area contributed by atoms with Crippen molar-refractivity contribution in [3.63, 3.8) is 0 Å². The second-order valence-electron chi connectivity index (χ2n) is 4.27. The van der Waals surface area contributed by atoms with Gasteiger partial charge in [-0.05, 0) is 24.3 Å². The third kappa shape index (κ3) is 3.92. The number of para-hydroxylation sites is 1. The number of benzene rings is 2. The summed E-state index contributed by atoms with van der Waals surface area (Å²) >= 11 is 0. The van der Waals surface area contributed by atoms with Crippen LogP contribution in [0.15, 0.2) is 42.5 Å². The van der Waals surface area contributed by atoms with Crippen LogP contribution in [-0.4, -0.2) is 19.1 Å². The number of amides is 1. The molecule has 0 aromatic heterocycles. The van der Waals surface area contributed by atoms with E-state index in [0.717, 1.165) is 12.1 Å². The van der Waals surface area contributed by atoms with Crippen molar-refractivity contribution in [1.29, 1.82) is 0 Å². The molecule has 0 radical (unpaired) electrons. The average molecular weight is 292 g/mol. The smallest absolute Gasteiger partial charge is 0.251 e. The highest BCUT2D eigenvalue weighted by Crippen LogP contribution is 2.17. The molecule has 6 heteroatoms. The molecule has 0 aliphatic rings. The number of hydrogen-bond donors (Lipinski definition) is 2. The molecule has 3 N–H and O–H groups in total. The Morgan fingerprint density at radius 3 is 2.38 bits per heavy atom. The van der Waals surface area contributed by atoms with Gasteiger partial charge in [0.1, 0.15) is 29.7 Å². The van der Waals surface area contributed by atoms with Gasteiger partial charge in [0, 0.05) is 5.56 Å². The number of hydrogen-bond acceptors (Lipinski definition) is 3. The zero-order valence-corrected chi connectivity index (χ0v) is 11.1. The van der Waals surface area contributed by atoms with Gasteiger partial charge < -0.3 is 15.8 Å². The van der Waals surface area contributed by atoms with Gasteiger partial charge in [-0.15, -0.1) is 0 Å². The predicted octanol–water partition coefficient (Wildman–Crippen LogP) is 2.36. The van der Waals surface area contributed by atoms with E-state index >= 15 is 0 Å². The molecule has 0 saturated carbocycles. The van der Waals surface area contributed by atoms with Crippen LogP contribution in [0.25, 0.3) is 0 Å². The van der Waals surface area contributed by atoms with Crippen molar-refractivity contribution < 1.29 is 18.3 Å². The van der Waals surface area contributed by atoms with Gasteiger partial charge in [-0.3, -0.25) is 4.79 Å². The fourth-order valence-electron chi connectivity index (χ4n) is 1.67. The highest BCUT2D eigenvalue weighted by Gasteiger charge is 2.12. The van der Waals surface area contributed by atoms with Crippen molar-refractivity contribution >= 4 is 11.6 Å². The lowest BCUT2D eigenvalue weighted by molar-refractivity contribution is 0.0946. The number of nitrogen functional groups attached to an aromatic ring is 1. The summed E-state index contributed by atoms with van der Waals surface area (Å²) in [7, 11) is 0. The molecule has 2 aromatic rings. The zero-order valence-electron chi connectivity index (χ0n) is 11.1. The van der Waals surface area contributed by atoms with Crippen molar-refractivity contribution in [3.8, 4) is 5.75 Å². The molecule has 2 rings (SSSR count). The van der Waals surface area contributed by atoms with Crippen LogP contribution in [-0.2, 0) is 0 Å². The summed E-state index contributed by atoms with van der Waals surface area (Å²) < 4.78 is 31.9. The van der Waals surface area contributed by atoms with Gasteiger partial charge in [0.25, 0.3) is 5.91 Å². The molecule has 0 aliphatic heterocycles. The van der Waals surface area contributed by atoms with Crippen molar-refractivity contribution in [2.24, 2.45) is 0 Å². The van der Waals surface area contributed by atoms with E-state index in [1.807, 2.05) is 18.2 Å². The lowest BCUT2D eigenvalue weighted by Crippen LogP contribution is -2.28. The Kier molecular flexibility index (Phi) is 4.71. The maximum Gasteiger partial charge on any atom is 0.251 e. The van der Waals surface area contributed by atoms with Crippen LogP contribution in [0.1, 0.15) is 10.4 Å². The molecular formula is C15H14F2N2O2. The first kappa shape index (κ1) is 14.8. The van der Waals surface area contributed by atoms with Crippen LogP contribution in [0.3, 0.4) is 0 Å². The summed E-state index contributed by atoms with van der Waals surface area (Å²) in [5.41, 5.74) is 4.41. The topological polar surface area (TPSA) is 64.4 Å². The number of anilines is 1. The largest absolute Gasteiger partial charge is 0.492 e. The molecule has 0 heterocycles. The van der Waals surface area contributed by atoms with Crippen LogP contribution in [0.5, 0.6) is 5.75 Å². The molecule has 0 bridgehead atoms. The second kappa shape index (κ2) is 6.69. The summed E-state index contributed by atoms with van der Waals surface area (Å²) in [6.07, 6.45) is 0. The highest BCUT2D eigenvalue weighted by molar-refractivity contribution is 5.94. The number of nitrogens with one attached hydrogen (secondary N) is 1. The van der Waals surface area contributed by atoms with E-state index in [2.05, 4.69) is 5.32 Å². The summed E-state index contributed by atoms with van der Waals surface area (Å²) in [4.78, 5) is 11.7. The number of carbonyl (C=O) groups excluding carboxylic acids is 1. The summed E-state index contributed by atoms with van der Waals surface area (Å²) in [5.74, 6) is -1.83. The van der Waals surface area contributed by atoms with Crippen molar-refractivity contribution in [2.75, 3.05) is 18.9 Å². The number of carbonyl (C=O) groups is 1. The Labute approximate surface area is 120 Å². The molecule has 0 spiro atoms. The summed E-state index contributed by atoms with van der Waals surface area (Å²) in [6.45, 7) is 0.455. The average Bonchev–Trinajstić information content (AvgIpc) is 2.49. The highest BCUT2D eigenvalue weighted by atomic mass is 19.1.